The minimum atomic E-state index is -1.40. The van der Waals surface area contributed by atoms with Crippen molar-refractivity contribution in [3.05, 3.63) is 59.9 Å². The number of halogens is 1. The van der Waals surface area contributed by atoms with E-state index in [4.69, 9.17) is 9.47 Å². The predicted octanol–water partition coefficient (Wildman–Crippen LogP) is 0.473. The average molecular weight is 630 g/mol. The van der Waals surface area contributed by atoms with E-state index < -0.39 is 66.1 Å². The van der Waals surface area contributed by atoms with E-state index in [-0.39, 0.29) is 38.3 Å². The van der Waals surface area contributed by atoms with Crippen LogP contribution in [0.15, 0.2) is 48.5 Å². The number of rotatable bonds is 9. The molecule has 0 spiro atoms. The third-order valence-electron chi connectivity index (χ3n) is 7.10. The van der Waals surface area contributed by atoms with Crippen LogP contribution in [0.1, 0.15) is 44.7 Å². The second kappa shape index (κ2) is 16.9. The third-order valence-corrected chi connectivity index (χ3v) is 7.10. The molecule has 244 valence electrons. The van der Waals surface area contributed by atoms with E-state index in [2.05, 4.69) is 26.6 Å². The highest BCUT2D eigenvalue weighted by Gasteiger charge is 2.32. The number of hydrogen-bond acceptors (Lipinski definition) is 8. The van der Waals surface area contributed by atoms with Crippen LogP contribution in [0.25, 0.3) is 0 Å². The summed E-state index contributed by atoms with van der Waals surface area (Å²) in [5.74, 6) is -2.95. The fourth-order valence-corrected chi connectivity index (χ4v) is 4.58. The van der Waals surface area contributed by atoms with Gasteiger partial charge in [-0.1, -0.05) is 26.0 Å². The van der Waals surface area contributed by atoms with E-state index in [1.54, 1.807) is 45.2 Å². The molecule has 3 rings (SSSR count). The van der Waals surface area contributed by atoms with E-state index in [1.807, 2.05) is 0 Å². The molecule has 1 heterocycles. The molecule has 0 unspecified atom stereocenters. The Morgan fingerprint density at radius 1 is 0.933 bits per heavy atom. The van der Waals surface area contributed by atoms with Crippen LogP contribution in [0.5, 0.6) is 11.5 Å². The van der Waals surface area contributed by atoms with Gasteiger partial charge in [0.2, 0.25) is 29.5 Å². The zero-order valence-corrected chi connectivity index (χ0v) is 25.4. The maximum absolute atomic E-state index is 13.6. The van der Waals surface area contributed by atoms with Gasteiger partial charge in [0.05, 0.1) is 32.7 Å². The van der Waals surface area contributed by atoms with Crippen molar-refractivity contribution in [1.82, 2.24) is 26.6 Å². The lowest BCUT2D eigenvalue weighted by Gasteiger charge is -2.26. The number of amides is 5. The van der Waals surface area contributed by atoms with Crippen LogP contribution < -0.4 is 36.1 Å². The van der Waals surface area contributed by atoms with Gasteiger partial charge in [0.25, 0.3) is 0 Å². The normalized spacial score (nSPS) is 21.7. The van der Waals surface area contributed by atoms with E-state index in [9.17, 15) is 33.5 Å². The van der Waals surface area contributed by atoms with Crippen molar-refractivity contribution in [3.63, 3.8) is 0 Å². The number of carbonyl (C=O) groups excluding carboxylic acids is 5. The largest absolute Gasteiger partial charge is 0.497 e. The summed E-state index contributed by atoms with van der Waals surface area (Å²) in [5.41, 5.74) is 0.376. The van der Waals surface area contributed by atoms with Crippen LogP contribution in [-0.4, -0.2) is 79.6 Å². The summed E-state index contributed by atoms with van der Waals surface area (Å²) in [5, 5.41) is 22.9. The number of hydrogen-bond donors (Lipinski definition) is 6. The Balaban J connectivity index is 1.79. The van der Waals surface area contributed by atoms with Gasteiger partial charge in [-0.2, -0.15) is 0 Å². The van der Waals surface area contributed by atoms with Gasteiger partial charge in [0.15, 0.2) is 0 Å². The molecule has 0 aromatic heterocycles. The highest BCUT2D eigenvalue weighted by atomic mass is 19.1. The molecule has 1 fully saturated rings. The molecular weight excluding hydrogens is 589 g/mol. The molecule has 0 saturated carbocycles. The zero-order valence-electron chi connectivity index (χ0n) is 25.4. The van der Waals surface area contributed by atoms with Crippen LogP contribution in [0, 0.1) is 11.7 Å². The summed E-state index contributed by atoms with van der Waals surface area (Å²) in [4.78, 5) is 65.4. The van der Waals surface area contributed by atoms with Crippen molar-refractivity contribution in [2.45, 2.75) is 57.3 Å². The lowest BCUT2D eigenvalue weighted by atomic mass is 10.0. The maximum Gasteiger partial charge on any atom is 0.245 e. The van der Waals surface area contributed by atoms with Gasteiger partial charge in [0, 0.05) is 6.42 Å². The molecule has 14 heteroatoms. The van der Waals surface area contributed by atoms with Crippen LogP contribution in [0.4, 0.5) is 4.39 Å². The highest BCUT2D eigenvalue weighted by molar-refractivity contribution is 5.93. The predicted molar refractivity (Wildman–Crippen MR) is 160 cm³/mol. The van der Waals surface area contributed by atoms with Crippen molar-refractivity contribution < 1.29 is 42.9 Å². The second-order valence-corrected chi connectivity index (χ2v) is 10.8. The SMILES string of the molecule is COc1ccc(OCCNC(=O)[C@@H]2CCC(=O)N[C@H](C(C)C)C(=O)N[C@@H](CO)C(=O)N[C@@H](c3ccc(F)cc3)CC(=O)N2)cc1. The lowest BCUT2D eigenvalue weighted by Crippen LogP contribution is -2.56. The van der Waals surface area contributed by atoms with Gasteiger partial charge < -0.3 is 41.2 Å². The lowest BCUT2D eigenvalue weighted by molar-refractivity contribution is -0.134. The number of aliphatic hydroxyl groups is 1. The third kappa shape index (κ3) is 10.7. The Hall–Kier alpha value is -4.72. The Kier molecular flexibility index (Phi) is 13.1. The second-order valence-electron chi connectivity index (χ2n) is 10.8. The smallest absolute Gasteiger partial charge is 0.245 e. The maximum atomic E-state index is 13.6. The van der Waals surface area contributed by atoms with Gasteiger partial charge in [-0.3, -0.25) is 24.0 Å². The Bertz CT molecular complexity index is 1320. The topological polar surface area (TPSA) is 184 Å². The molecule has 6 N–H and O–H groups in total. The van der Waals surface area contributed by atoms with Gasteiger partial charge in [0.1, 0.15) is 42.0 Å². The Morgan fingerprint density at radius 3 is 2.22 bits per heavy atom. The first kappa shape index (κ1) is 34.8. The quantitative estimate of drug-likeness (QED) is 0.216. The minimum absolute atomic E-state index is 0.0931. The first-order chi connectivity index (χ1) is 21.5. The summed E-state index contributed by atoms with van der Waals surface area (Å²) >= 11 is 0. The van der Waals surface area contributed by atoms with Crippen molar-refractivity contribution in [3.8, 4) is 11.5 Å². The van der Waals surface area contributed by atoms with E-state index in [0.717, 1.165) is 12.1 Å². The van der Waals surface area contributed by atoms with Crippen molar-refractivity contribution in [2.24, 2.45) is 5.92 Å². The first-order valence-corrected chi connectivity index (χ1v) is 14.6. The van der Waals surface area contributed by atoms with Gasteiger partial charge in [-0.15, -0.1) is 0 Å². The zero-order chi connectivity index (χ0) is 32.9. The van der Waals surface area contributed by atoms with E-state index >= 15 is 0 Å². The fourth-order valence-electron chi connectivity index (χ4n) is 4.58. The molecule has 2 aromatic carbocycles. The number of ether oxygens (including phenoxy) is 2. The standard InChI is InChI=1S/C31H40FN5O8/c1-18(2)28-31(43)36-25(17-38)30(42)35-24(19-4-6-20(32)7-5-19)16-27(40)34-23(12-13-26(39)37-28)29(41)33-14-15-45-22-10-8-21(44-3)9-11-22/h4-11,18,23-25,28,38H,12-17H2,1-3H3,(H,33,41)(H,34,40)(H,35,42)(H,36,43)(H,37,39)/t23-,24+,25-,28+/m0/s1. The Morgan fingerprint density at radius 2 is 1.60 bits per heavy atom. The van der Waals surface area contributed by atoms with Crippen molar-refractivity contribution in [2.75, 3.05) is 26.9 Å². The Labute approximate surface area is 260 Å². The summed E-state index contributed by atoms with van der Waals surface area (Å²) in [6.07, 6.45) is -0.671. The average Bonchev–Trinajstić information content (AvgIpc) is 3.02. The molecule has 45 heavy (non-hydrogen) atoms. The number of benzene rings is 2. The molecule has 5 amide bonds. The number of aliphatic hydroxyl groups excluding tert-OH is 1. The monoisotopic (exact) mass is 629 g/mol. The van der Waals surface area contributed by atoms with Crippen LogP contribution in [0.3, 0.4) is 0 Å². The molecule has 13 nitrogen and oxygen atoms in total. The van der Waals surface area contributed by atoms with Crippen LogP contribution in [-0.2, 0) is 24.0 Å². The highest BCUT2D eigenvalue weighted by Crippen LogP contribution is 2.19. The number of nitrogens with one attached hydrogen (secondary N) is 5. The molecule has 2 aromatic rings. The number of carbonyl (C=O) groups is 5. The molecule has 0 aliphatic carbocycles. The van der Waals surface area contributed by atoms with Gasteiger partial charge >= 0.3 is 0 Å². The van der Waals surface area contributed by atoms with Gasteiger partial charge in [-0.05, 0) is 54.3 Å². The summed E-state index contributed by atoms with van der Waals surface area (Å²) in [6, 6.07) is 7.38. The molecule has 1 aliphatic rings. The van der Waals surface area contributed by atoms with Crippen molar-refractivity contribution >= 4 is 29.5 Å². The van der Waals surface area contributed by atoms with Gasteiger partial charge in [-0.25, -0.2) is 4.39 Å². The van der Waals surface area contributed by atoms with E-state index in [0.29, 0.717) is 17.1 Å². The van der Waals surface area contributed by atoms with E-state index in [1.165, 1.54) is 12.1 Å². The fraction of sp³-hybridized carbons (Fsp3) is 0.452. The summed E-state index contributed by atoms with van der Waals surface area (Å²) < 4.78 is 24.4. The molecule has 1 aliphatic heterocycles. The molecule has 0 bridgehead atoms. The van der Waals surface area contributed by atoms with Crippen LogP contribution in [0.2, 0.25) is 0 Å². The molecule has 1 saturated heterocycles. The molecule has 0 radical (unpaired) electrons. The summed E-state index contributed by atoms with van der Waals surface area (Å²) in [7, 11) is 1.55. The van der Waals surface area contributed by atoms with Crippen molar-refractivity contribution in [1.29, 1.82) is 0 Å². The minimum Gasteiger partial charge on any atom is -0.497 e. The molecular formula is C31H40FN5O8. The number of methoxy groups -OCH3 is 1. The first-order valence-electron chi connectivity index (χ1n) is 14.6. The van der Waals surface area contributed by atoms with Crippen LogP contribution >= 0.6 is 0 Å². The summed E-state index contributed by atoms with van der Waals surface area (Å²) in [6.45, 7) is 2.84. The molecule has 4 atom stereocenters.